The Kier molecular flexibility index (Phi) is 8.35. The number of carbonyl (C=O) groups is 1. The maximum Gasteiger partial charge on any atom is 0.258 e. The van der Waals surface area contributed by atoms with Gasteiger partial charge in [0.05, 0.1) is 17.1 Å². The van der Waals surface area contributed by atoms with Gasteiger partial charge >= 0.3 is 0 Å². The molecule has 0 aliphatic carbocycles. The first-order valence-corrected chi connectivity index (χ1v) is 12.8. The predicted molar refractivity (Wildman–Crippen MR) is 118 cm³/mol. The minimum Gasteiger partial charge on any atom is -0.492 e. The van der Waals surface area contributed by atoms with Crippen molar-refractivity contribution >= 4 is 31.6 Å². The maximum atomic E-state index is 14.2. The normalized spacial score (nSPS) is 12.1. The molecule has 9 nitrogen and oxygen atoms in total. The van der Waals surface area contributed by atoms with Crippen LogP contribution < -0.4 is 14.8 Å². The zero-order valence-corrected chi connectivity index (χ0v) is 19.8. The lowest BCUT2D eigenvalue weighted by Gasteiger charge is -2.21. The Morgan fingerprint density at radius 3 is 2.25 bits per heavy atom. The fourth-order valence-electron chi connectivity index (χ4n) is 2.93. The summed E-state index contributed by atoms with van der Waals surface area (Å²) in [5.41, 5.74) is -0.436. The van der Waals surface area contributed by atoms with Crippen LogP contribution >= 0.6 is 0 Å². The fraction of sp³-hybridized carbons (Fsp3) is 0.350. The summed E-state index contributed by atoms with van der Waals surface area (Å²) in [6.45, 7) is 5.80. The van der Waals surface area contributed by atoms with E-state index in [1.807, 2.05) is 0 Å². The van der Waals surface area contributed by atoms with E-state index in [0.717, 1.165) is 18.2 Å². The number of anilines is 1. The first-order valence-electron chi connectivity index (χ1n) is 9.83. The second kappa shape index (κ2) is 10.4. The number of carbonyl (C=O) groups excluding carboxylic acids is 1. The summed E-state index contributed by atoms with van der Waals surface area (Å²) in [4.78, 5) is 12.2. The van der Waals surface area contributed by atoms with Crippen molar-refractivity contribution in [3.63, 3.8) is 0 Å². The highest BCUT2D eigenvalue weighted by atomic mass is 32.2. The molecule has 0 bridgehead atoms. The highest BCUT2D eigenvalue weighted by molar-refractivity contribution is 7.89. The van der Waals surface area contributed by atoms with Crippen LogP contribution in [0.5, 0.6) is 5.75 Å². The molecule has 0 heterocycles. The quantitative estimate of drug-likeness (QED) is 0.531. The summed E-state index contributed by atoms with van der Waals surface area (Å²) in [5, 5.41) is 2.42. The number of amides is 1. The molecule has 176 valence electrons. The lowest BCUT2D eigenvalue weighted by Crippen LogP contribution is -2.31. The molecule has 2 aromatic rings. The standard InChI is InChI=1S/C20H26FN3O6S2/c1-5-24(6-2)32(28,29)19-12-14(8-11-18(19)30-7-3)23-20(25)16-13-15(9-10-17(16)21)31(26,27)22-4/h8-13,22H,5-7H2,1-4H3,(H,23,25). The Labute approximate surface area is 187 Å². The summed E-state index contributed by atoms with van der Waals surface area (Å²) in [6, 6.07) is 6.84. The smallest absolute Gasteiger partial charge is 0.258 e. The monoisotopic (exact) mass is 487 g/mol. The summed E-state index contributed by atoms with van der Waals surface area (Å²) < 4.78 is 73.0. The number of sulfonamides is 2. The molecule has 0 saturated carbocycles. The minimum atomic E-state index is -3.92. The van der Waals surface area contributed by atoms with Gasteiger partial charge in [0.2, 0.25) is 20.0 Å². The molecular weight excluding hydrogens is 461 g/mol. The Bertz CT molecular complexity index is 1200. The molecule has 0 radical (unpaired) electrons. The number of halogens is 1. The van der Waals surface area contributed by atoms with Crippen LogP contribution in [0.1, 0.15) is 31.1 Å². The highest BCUT2D eigenvalue weighted by Gasteiger charge is 2.27. The SMILES string of the molecule is CCOc1ccc(NC(=O)c2cc(S(=O)(=O)NC)ccc2F)cc1S(=O)(=O)N(CC)CC. The molecule has 2 aromatic carbocycles. The van der Waals surface area contributed by atoms with Gasteiger partial charge in [0.25, 0.3) is 5.91 Å². The largest absolute Gasteiger partial charge is 0.492 e. The molecule has 32 heavy (non-hydrogen) atoms. The lowest BCUT2D eigenvalue weighted by molar-refractivity contribution is 0.102. The molecular formula is C20H26FN3O6S2. The number of hydrogen-bond donors (Lipinski definition) is 2. The zero-order valence-electron chi connectivity index (χ0n) is 18.2. The van der Waals surface area contributed by atoms with Crippen molar-refractivity contribution in [2.45, 2.75) is 30.6 Å². The van der Waals surface area contributed by atoms with Gasteiger partial charge in [-0.1, -0.05) is 13.8 Å². The average Bonchev–Trinajstić information content (AvgIpc) is 2.75. The van der Waals surface area contributed by atoms with E-state index in [0.29, 0.717) is 0 Å². The van der Waals surface area contributed by atoms with Crippen LogP contribution in [0.15, 0.2) is 46.2 Å². The van der Waals surface area contributed by atoms with Crippen molar-refractivity contribution in [1.82, 2.24) is 9.03 Å². The minimum absolute atomic E-state index is 0.0745. The number of benzene rings is 2. The van der Waals surface area contributed by atoms with Crippen LogP contribution in [-0.4, -0.2) is 53.8 Å². The summed E-state index contributed by atoms with van der Waals surface area (Å²) in [5.74, 6) is -1.75. The number of hydrogen-bond acceptors (Lipinski definition) is 6. The molecule has 0 saturated heterocycles. The highest BCUT2D eigenvalue weighted by Crippen LogP contribution is 2.30. The third-order valence-corrected chi connectivity index (χ3v) is 8.07. The van der Waals surface area contributed by atoms with E-state index in [9.17, 15) is 26.0 Å². The first-order chi connectivity index (χ1) is 15.0. The van der Waals surface area contributed by atoms with Crippen LogP contribution in [-0.2, 0) is 20.0 Å². The fourth-order valence-corrected chi connectivity index (χ4v) is 5.30. The van der Waals surface area contributed by atoms with Crippen LogP contribution in [0.3, 0.4) is 0 Å². The molecule has 0 fully saturated rings. The molecule has 0 unspecified atom stereocenters. The second-order valence-corrected chi connectivity index (χ2v) is 10.3. The van der Waals surface area contributed by atoms with Gasteiger partial charge in [0, 0.05) is 18.8 Å². The van der Waals surface area contributed by atoms with Gasteiger partial charge in [-0.15, -0.1) is 0 Å². The predicted octanol–water partition coefficient (Wildman–Crippen LogP) is 2.42. The van der Waals surface area contributed by atoms with Crippen molar-refractivity contribution in [2.24, 2.45) is 0 Å². The second-order valence-electron chi connectivity index (χ2n) is 6.49. The van der Waals surface area contributed by atoms with E-state index in [2.05, 4.69) is 10.0 Å². The van der Waals surface area contributed by atoms with Crippen LogP contribution in [0.2, 0.25) is 0 Å². The molecule has 0 atom stereocenters. The molecule has 0 aliphatic rings. The topological polar surface area (TPSA) is 122 Å². The van der Waals surface area contributed by atoms with Crippen molar-refractivity contribution in [3.05, 3.63) is 47.8 Å². The van der Waals surface area contributed by atoms with Gasteiger partial charge in [-0.2, -0.15) is 4.31 Å². The molecule has 0 aliphatic heterocycles. The lowest BCUT2D eigenvalue weighted by atomic mass is 10.2. The third kappa shape index (κ3) is 5.44. The molecule has 0 aromatic heterocycles. The summed E-state index contributed by atoms with van der Waals surface area (Å²) in [7, 11) is -6.62. The van der Waals surface area contributed by atoms with E-state index in [-0.39, 0.29) is 40.9 Å². The van der Waals surface area contributed by atoms with Gasteiger partial charge in [-0.3, -0.25) is 4.79 Å². The van der Waals surface area contributed by atoms with Crippen LogP contribution in [0.25, 0.3) is 0 Å². The van der Waals surface area contributed by atoms with Crippen molar-refractivity contribution < 1.29 is 30.8 Å². The van der Waals surface area contributed by atoms with Gasteiger partial charge in [-0.25, -0.2) is 25.9 Å². The van der Waals surface area contributed by atoms with Gasteiger partial charge < -0.3 is 10.1 Å². The number of ether oxygens (including phenoxy) is 1. The third-order valence-electron chi connectivity index (χ3n) is 4.59. The zero-order chi connectivity index (χ0) is 24.1. The Morgan fingerprint density at radius 1 is 1.03 bits per heavy atom. The summed E-state index contributed by atoms with van der Waals surface area (Å²) >= 11 is 0. The van der Waals surface area contributed by atoms with Crippen molar-refractivity contribution in [3.8, 4) is 5.75 Å². The molecule has 12 heteroatoms. The number of nitrogens with one attached hydrogen (secondary N) is 2. The van der Waals surface area contributed by atoms with Crippen molar-refractivity contribution in [2.75, 3.05) is 32.1 Å². The first kappa shape index (κ1) is 25.7. The summed E-state index contributed by atoms with van der Waals surface area (Å²) in [6.07, 6.45) is 0. The van der Waals surface area contributed by atoms with Crippen LogP contribution in [0.4, 0.5) is 10.1 Å². The number of rotatable bonds is 10. The van der Waals surface area contributed by atoms with Gasteiger partial charge in [0.15, 0.2) is 0 Å². The van der Waals surface area contributed by atoms with E-state index >= 15 is 0 Å². The Morgan fingerprint density at radius 2 is 1.69 bits per heavy atom. The molecule has 0 spiro atoms. The Hall–Kier alpha value is -2.54. The maximum absolute atomic E-state index is 14.2. The van der Waals surface area contributed by atoms with E-state index in [1.54, 1.807) is 20.8 Å². The Balaban J connectivity index is 2.48. The van der Waals surface area contributed by atoms with E-state index < -0.39 is 37.3 Å². The van der Waals surface area contributed by atoms with Gasteiger partial charge in [-0.05, 0) is 50.4 Å². The van der Waals surface area contributed by atoms with Gasteiger partial charge in [0.1, 0.15) is 16.5 Å². The number of nitrogens with zero attached hydrogens (tertiary/aromatic N) is 1. The average molecular weight is 488 g/mol. The van der Waals surface area contributed by atoms with E-state index in [1.165, 1.54) is 29.6 Å². The molecule has 2 rings (SSSR count). The molecule has 2 N–H and O–H groups in total. The van der Waals surface area contributed by atoms with Crippen LogP contribution in [0, 0.1) is 5.82 Å². The van der Waals surface area contributed by atoms with Crippen molar-refractivity contribution in [1.29, 1.82) is 0 Å². The molecule has 1 amide bonds. The van der Waals surface area contributed by atoms with E-state index in [4.69, 9.17) is 4.74 Å².